The number of rotatable bonds is 8. The van der Waals surface area contributed by atoms with Crippen molar-refractivity contribution in [2.45, 2.75) is 38.5 Å². The smallest absolute Gasteiger partial charge is 0.200 e. The molecule has 0 radical (unpaired) electrons. The van der Waals surface area contributed by atoms with Gasteiger partial charge in [0.2, 0.25) is 5.83 Å². The SMILES string of the molecule is C=C(/C=C/C1CCC(c2ccc(-c3ccc(O)cc3)c(F)c2F)CC1)/C(F)=C(/F)C(=C)OCC. The van der Waals surface area contributed by atoms with Gasteiger partial charge in [-0.25, -0.2) is 13.2 Å². The van der Waals surface area contributed by atoms with Crippen LogP contribution < -0.4 is 0 Å². The minimum Gasteiger partial charge on any atom is -0.508 e. The molecule has 1 aliphatic carbocycles. The summed E-state index contributed by atoms with van der Waals surface area (Å²) in [6.07, 6.45) is 5.91. The second kappa shape index (κ2) is 11.2. The lowest BCUT2D eigenvalue weighted by Gasteiger charge is -2.27. The fourth-order valence-corrected chi connectivity index (χ4v) is 4.19. The van der Waals surface area contributed by atoms with Gasteiger partial charge in [0.15, 0.2) is 23.2 Å². The molecule has 3 rings (SSSR count). The molecule has 0 spiro atoms. The third-order valence-corrected chi connectivity index (χ3v) is 6.11. The molecule has 0 unspecified atom stereocenters. The molecule has 2 aromatic rings. The molecular formula is C28H28F4O2. The Hall–Kier alpha value is -3.28. The fourth-order valence-electron chi connectivity index (χ4n) is 4.19. The molecule has 180 valence electrons. The van der Waals surface area contributed by atoms with Crippen LogP contribution in [0.15, 0.2) is 84.7 Å². The van der Waals surface area contributed by atoms with Crippen molar-refractivity contribution >= 4 is 0 Å². The zero-order chi connectivity index (χ0) is 24.8. The number of hydrogen-bond acceptors (Lipinski definition) is 2. The Morgan fingerprint density at radius 1 is 0.971 bits per heavy atom. The number of phenols is 1. The fraction of sp³-hybridized carbons (Fsp3) is 0.286. The molecule has 34 heavy (non-hydrogen) atoms. The molecule has 0 heterocycles. The lowest BCUT2D eigenvalue weighted by Crippen LogP contribution is -2.13. The maximum atomic E-state index is 14.9. The van der Waals surface area contributed by atoms with Gasteiger partial charge in [-0.05, 0) is 67.7 Å². The van der Waals surface area contributed by atoms with E-state index in [-0.39, 0.29) is 41.1 Å². The van der Waals surface area contributed by atoms with E-state index in [1.165, 1.54) is 30.3 Å². The first-order valence-corrected chi connectivity index (χ1v) is 11.2. The van der Waals surface area contributed by atoms with E-state index in [9.17, 15) is 22.7 Å². The van der Waals surface area contributed by atoms with Crippen molar-refractivity contribution in [1.29, 1.82) is 0 Å². The lowest BCUT2D eigenvalue weighted by atomic mass is 9.78. The van der Waals surface area contributed by atoms with Crippen LogP contribution in [-0.4, -0.2) is 11.7 Å². The molecule has 0 amide bonds. The van der Waals surface area contributed by atoms with E-state index in [0.717, 1.165) is 0 Å². The summed E-state index contributed by atoms with van der Waals surface area (Å²) in [7, 11) is 0. The van der Waals surface area contributed by atoms with Gasteiger partial charge in [0.05, 0.1) is 6.61 Å². The van der Waals surface area contributed by atoms with Gasteiger partial charge in [-0.3, -0.25) is 0 Å². The number of allylic oxidation sites excluding steroid dienone is 5. The highest BCUT2D eigenvalue weighted by Crippen LogP contribution is 2.39. The summed E-state index contributed by atoms with van der Waals surface area (Å²) in [4.78, 5) is 0. The Morgan fingerprint density at radius 2 is 1.62 bits per heavy atom. The van der Waals surface area contributed by atoms with E-state index in [4.69, 9.17) is 4.74 Å². The highest BCUT2D eigenvalue weighted by atomic mass is 19.2. The molecular weight excluding hydrogens is 444 g/mol. The van der Waals surface area contributed by atoms with Crippen LogP contribution in [0.1, 0.15) is 44.1 Å². The summed E-state index contributed by atoms with van der Waals surface area (Å²) in [5.74, 6) is -4.39. The molecule has 2 nitrogen and oxygen atoms in total. The van der Waals surface area contributed by atoms with Gasteiger partial charge in [-0.1, -0.05) is 49.6 Å². The molecule has 0 atom stereocenters. The minimum atomic E-state index is -1.17. The van der Waals surface area contributed by atoms with E-state index in [1.54, 1.807) is 25.1 Å². The first kappa shape index (κ1) is 25.3. The van der Waals surface area contributed by atoms with Gasteiger partial charge < -0.3 is 9.84 Å². The van der Waals surface area contributed by atoms with E-state index in [2.05, 4.69) is 13.2 Å². The number of benzene rings is 2. The van der Waals surface area contributed by atoms with Crippen LogP contribution in [-0.2, 0) is 4.74 Å². The molecule has 1 saturated carbocycles. The Morgan fingerprint density at radius 3 is 2.24 bits per heavy atom. The van der Waals surface area contributed by atoms with Crippen molar-refractivity contribution in [2.24, 2.45) is 5.92 Å². The summed E-state index contributed by atoms with van der Waals surface area (Å²) >= 11 is 0. The normalized spacial score (nSPS) is 19.1. The van der Waals surface area contributed by atoms with Gasteiger partial charge in [0.1, 0.15) is 5.75 Å². The van der Waals surface area contributed by atoms with Crippen molar-refractivity contribution < 1.29 is 27.4 Å². The predicted octanol–water partition coefficient (Wildman–Crippen LogP) is 8.42. The van der Waals surface area contributed by atoms with E-state index >= 15 is 0 Å². The minimum absolute atomic E-state index is 0.0514. The topological polar surface area (TPSA) is 29.5 Å². The third kappa shape index (κ3) is 5.79. The van der Waals surface area contributed by atoms with Crippen LogP contribution in [0.3, 0.4) is 0 Å². The summed E-state index contributed by atoms with van der Waals surface area (Å²) in [6.45, 7) is 8.73. The number of hydrogen-bond donors (Lipinski definition) is 1. The average molecular weight is 473 g/mol. The van der Waals surface area contributed by atoms with Crippen molar-refractivity contribution in [3.63, 3.8) is 0 Å². The summed E-state index contributed by atoms with van der Waals surface area (Å²) < 4.78 is 62.7. The molecule has 0 bridgehead atoms. The molecule has 2 aromatic carbocycles. The van der Waals surface area contributed by atoms with Gasteiger partial charge >= 0.3 is 0 Å². The zero-order valence-corrected chi connectivity index (χ0v) is 19.1. The second-order valence-corrected chi connectivity index (χ2v) is 8.36. The highest BCUT2D eigenvalue weighted by molar-refractivity contribution is 5.65. The molecule has 1 N–H and O–H groups in total. The molecule has 0 aromatic heterocycles. The summed E-state index contributed by atoms with van der Waals surface area (Å²) in [6, 6.07) is 9.11. The van der Waals surface area contributed by atoms with E-state index in [0.29, 0.717) is 36.8 Å². The largest absolute Gasteiger partial charge is 0.508 e. The highest BCUT2D eigenvalue weighted by Gasteiger charge is 2.26. The zero-order valence-electron chi connectivity index (χ0n) is 19.1. The molecule has 6 heteroatoms. The molecule has 0 saturated heterocycles. The second-order valence-electron chi connectivity index (χ2n) is 8.36. The lowest BCUT2D eigenvalue weighted by molar-refractivity contribution is 0.224. The average Bonchev–Trinajstić information content (AvgIpc) is 2.84. The van der Waals surface area contributed by atoms with E-state index in [1.807, 2.05) is 0 Å². The van der Waals surface area contributed by atoms with Crippen LogP contribution in [0.2, 0.25) is 0 Å². The first-order chi connectivity index (χ1) is 16.2. The first-order valence-electron chi connectivity index (χ1n) is 11.2. The summed E-state index contributed by atoms with van der Waals surface area (Å²) in [5, 5.41) is 9.40. The number of phenolic OH excluding ortho intramolecular Hbond substituents is 1. The van der Waals surface area contributed by atoms with Gasteiger partial charge in [0, 0.05) is 11.1 Å². The monoisotopic (exact) mass is 472 g/mol. The third-order valence-electron chi connectivity index (χ3n) is 6.11. The van der Waals surface area contributed by atoms with Gasteiger partial charge in [-0.15, -0.1) is 0 Å². The summed E-state index contributed by atoms with van der Waals surface area (Å²) in [5.41, 5.74) is 0.860. The maximum absolute atomic E-state index is 14.9. The Balaban J connectivity index is 1.64. The number of aromatic hydroxyl groups is 1. The Kier molecular flexibility index (Phi) is 8.37. The van der Waals surface area contributed by atoms with Crippen LogP contribution in [0.4, 0.5) is 17.6 Å². The van der Waals surface area contributed by atoms with E-state index < -0.39 is 23.3 Å². The number of ether oxygens (including phenoxy) is 1. The van der Waals surface area contributed by atoms with Crippen molar-refractivity contribution in [3.8, 4) is 16.9 Å². The maximum Gasteiger partial charge on any atom is 0.200 e. The van der Waals surface area contributed by atoms with Gasteiger partial charge in [-0.2, -0.15) is 4.39 Å². The molecule has 1 fully saturated rings. The van der Waals surface area contributed by atoms with Crippen LogP contribution in [0.25, 0.3) is 11.1 Å². The number of halogens is 4. The van der Waals surface area contributed by atoms with Crippen molar-refractivity contribution in [1.82, 2.24) is 0 Å². The van der Waals surface area contributed by atoms with Crippen LogP contribution >= 0.6 is 0 Å². The Bertz CT molecular complexity index is 1110. The standard InChI is InChI=1S/C28H28F4O2/c1-4-34-18(3)26(30)25(29)17(2)5-6-19-7-9-20(10-8-19)23-15-16-24(28(32)27(23)31)21-11-13-22(33)14-12-21/h5-6,11-16,19-20,33H,2-4,7-10H2,1H3/b6-5+,26-25-. The molecule has 1 aliphatic rings. The van der Waals surface area contributed by atoms with Gasteiger partial charge in [0.25, 0.3) is 0 Å². The van der Waals surface area contributed by atoms with Crippen molar-refractivity contribution in [3.05, 3.63) is 102 Å². The molecule has 0 aliphatic heterocycles. The van der Waals surface area contributed by atoms with Crippen LogP contribution in [0.5, 0.6) is 5.75 Å². The van der Waals surface area contributed by atoms with Crippen molar-refractivity contribution in [2.75, 3.05) is 6.61 Å². The quantitative estimate of drug-likeness (QED) is 0.237. The van der Waals surface area contributed by atoms with Crippen LogP contribution in [0, 0.1) is 17.6 Å². The Labute approximate surface area is 197 Å². The predicted molar refractivity (Wildman–Crippen MR) is 126 cm³/mol.